The number of carbonyl (C=O) groups is 1. The highest BCUT2D eigenvalue weighted by Gasteiger charge is 2.41. The van der Waals surface area contributed by atoms with Gasteiger partial charge in [-0.25, -0.2) is 4.79 Å². The lowest BCUT2D eigenvalue weighted by molar-refractivity contribution is 0.193. The fraction of sp³-hybridized carbons (Fsp3) is 0.450. The second-order valence-electron chi connectivity index (χ2n) is 7.75. The summed E-state index contributed by atoms with van der Waals surface area (Å²) < 4.78 is 0. The Labute approximate surface area is 169 Å². The average Bonchev–Trinajstić information content (AvgIpc) is 3.25. The number of nitrogens with zero attached hydrogens (tertiary/aromatic N) is 4. The van der Waals surface area contributed by atoms with E-state index in [-0.39, 0.29) is 18.1 Å². The first-order chi connectivity index (χ1) is 13.4. The van der Waals surface area contributed by atoms with Crippen LogP contribution in [0.1, 0.15) is 29.9 Å². The molecule has 2 amide bonds. The number of amides is 2. The SMILES string of the molecule is Cc1cc([C@@H]2C[C@H]2NC(=O)N(C)[C@H]2CCN(c3cc(N)cnn3)C2)ccc1Cl. The van der Waals surface area contributed by atoms with Crippen LogP contribution in [0.3, 0.4) is 0 Å². The van der Waals surface area contributed by atoms with Gasteiger partial charge in [-0.3, -0.25) is 0 Å². The summed E-state index contributed by atoms with van der Waals surface area (Å²) in [4.78, 5) is 16.6. The Morgan fingerprint density at radius 2 is 2.21 bits per heavy atom. The number of likely N-dealkylation sites (N-methyl/N-ethyl adjacent to an activating group) is 1. The molecular weight excluding hydrogens is 376 g/mol. The highest BCUT2D eigenvalue weighted by Crippen LogP contribution is 2.41. The van der Waals surface area contributed by atoms with Gasteiger partial charge in [-0.15, -0.1) is 5.10 Å². The summed E-state index contributed by atoms with van der Waals surface area (Å²) in [5.74, 6) is 1.13. The van der Waals surface area contributed by atoms with Gasteiger partial charge in [0.15, 0.2) is 5.82 Å². The van der Waals surface area contributed by atoms with Gasteiger partial charge in [0.05, 0.1) is 17.9 Å². The van der Waals surface area contributed by atoms with Crippen LogP contribution in [0.5, 0.6) is 0 Å². The fourth-order valence-corrected chi connectivity index (χ4v) is 3.96. The molecule has 28 heavy (non-hydrogen) atoms. The van der Waals surface area contributed by atoms with Crippen molar-refractivity contribution in [2.75, 3.05) is 30.8 Å². The Morgan fingerprint density at radius 3 is 2.96 bits per heavy atom. The van der Waals surface area contributed by atoms with Crippen LogP contribution in [0.15, 0.2) is 30.5 Å². The molecule has 1 saturated carbocycles. The third-order valence-corrected chi connectivity index (χ3v) is 6.15. The molecule has 1 saturated heterocycles. The maximum Gasteiger partial charge on any atom is 0.317 e. The minimum Gasteiger partial charge on any atom is -0.397 e. The molecular formula is C20H25ClN6O. The van der Waals surface area contributed by atoms with Gasteiger partial charge in [0.1, 0.15) is 0 Å². The van der Waals surface area contributed by atoms with Crippen molar-refractivity contribution in [2.24, 2.45) is 0 Å². The molecule has 2 aliphatic rings. The number of hydrogen-bond acceptors (Lipinski definition) is 5. The monoisotopic (exact) mass is 400 g/mol. The molecule has 0 spiro atoms. The summed E-state index contributed by atoms with van der Waals surface area (Å²) in [6.07, 6.45) is 3.39. The Bertz CT molecular complexity index is 891. The smallest absolute Gasteiger partial charge is 0.317 e. The number of rotatable bonds is 4. The molecule has 0 radical (unpaired) electrons. The van der Waals surface area contributed by atoms with Gasteiger partial charge >= 0.3 is 6.03 Å². The van der Waals surface area contributed by atoms with E-state index in [2.05, 4.69) is 32.5 Å². The van der Waals surface area contributed by atoms with Gasteiger partial charge in [0.25, 0.3) is 0 Å². The Kier molecular flexibility index (Phi) is 5.02. The number of hydrogen-bond donors (Lipinski definition) is 2. The normalized spacial score (nSPS) is 23.5. The van der Waals surface area contributed by atoms with E-state index in [1.165, 1.54) is 11.8 Å². The Morgan fingerprint density at radius 1 is 1.39 bits per heavy atom. The number of nitrogen functional groups attached to an aromatic ring is 1. The first-order valence-electron chi connectivity index (χ1n) is 9.55. The molecule has 1 aromatic heterocycles. The van der Waals surface area contributed by atoms with E-state index in [9.17, 15) is 4.79 Å². The quantitative estimate of drug-likeness (QED) is 0.823. The standard InChI is InChI=1S/C20H25ClN6O/c1-12-7-13(3-4-17(12)21)16-9-18(16)24-20(28)26(2)15-5-6-27(11-15)19-8-14(22)10-23-25-19/h3-4,7-8,10,15-16,18H,5-6,9,11H2,1-2H3,(H2,22,25)(H,24,28)/t15-,16-,18+/m0/s1. The second-order valence-corrected chi connectivity index (χ2v) is 8.16. The number of anilines is 2. The van der Waals surface area contributed by atoms with Crippen LogP contribution in [0.25, 0.3) is 0 Å². The third kappa shape index (κ3) is 3.85. The van der Waals surface area contributed by atoms with Crippen molar-refractivity contribution in [1.29, 1.82) is 0 Å². The average molecular weight is 401 g/mol. The highest BCUT2D eigenvalue weighted by molar-refractivity contribution is 6.31. The van der Waals surface area contributed by atoms with Gasteiger partial charge < -0.3 is 20.9 Å². The molecule has 2 fully saturated rings. The van der Waals surface area contributed by atoms with Crippen molar-refractivity contribution in [2.45, 2.75) is 37.8 Å². The van der Waals surface area contributed by atoms with Crippen LogP contribution in [0.2, 0.25) is 5.02 Å². The number of aromatic nitrogens is 2. The van der Waals surface area contributed by atoms with Crippen LogP contribution in [-0.2, 0) is 0 Å². The van der Waals surface area contributed by atoms with Gasteiger partial charge in [0, 0.05) is 43.2 Å². The minimum absolute atomic E-state index is 0.0244. The van der Waals surface area contributed by atoms with Crippen molar-refractivity contribution in [3.63, 3.8) is 0 Å². The highest BCUT2D eigenvalue weighted by atomic mass is 35.5. The number of nitrogens with two attached hydrogens (primary N) is 1. The summed E-state index contributed by atoms with van der Waals surface area (Å²) in [5, 5.41) is 12.0. The molecule has 1 aliphatic carbocycles. The summed E-state index contributed by atoms with van der Waals surface area (Å²) in [6.45, 7) is 3.56. The molecule has 7 nitrogen and oxygen atoms in total. The molecule has 1 aliphatic heterocycles. The van der Waals surface area contributed by atoms with Gasteiger partial charge in [0.2, 0.25) is 0 Å². The number of carbonyl (C=O) groups excluding carboxylic acids is 1. The van der Waals surface area contributed by atoms with Gasteiger partial charge in [-0.05, 0) is 37.0 Å². The third-order valence-electron chi connectivity index (χ3n) is 5.73. The van der Waals surface area contributed by atoms with E-state index >= 15 is 0 Å². The minimum atomic E-state index is -0.0244. The lowest BCUT2D eigenvalue weighted by Gasteiger charge is -2.25. The van der Waals surface area contributed by atoms with Gasteiger partial charge in [-0.2, -0.15) is 5.10 Å². The number of aryl methyl sites for hydroxylation is 1. The van der Waals surface area contributed by atoms with E-state index in [1.54, 1.807) is 0 Å². The fourth-order valence-electron chi connectivity index (χ4n) is 3.84. The van der Waals surface area contributed by atoms with Crippen LogP contribution in [-0.4, -0.2) is 53.3 Å². The Balaban J connectivity index is 1.31. The van der Waals surface area contributed by atoms with E-state index in [4.69, 9.17) is 17.3 Å². The van der Waals surface area contributed by atoms with Crippen molar-refractivity contribution in [3.05, 3.63) is 46.6 Å². The number of urea groups is 1. The summed E-state index contributed by atoms with van der Waals surface area (Å²) in [7, 11) is 1.86. The number of halogens is 1. The van der Waals surface area contributed by atoms with E-state index in [0.717, 1.165) is 42.3 Å². The predicted octanol–water partition coefficient (Wildman–Crippen LogP) is 2.80. The van der Waals surface area contributed by atoms with Crippen molar-refractivity contribution >= 4 is 29.1 Å². The molecule has 0 bridgehead atoms. The zero-order valence-electron chi connectivity index (χ0n) is 16.1. The number of benzene rings is 1. The lowest BCUT2D eigenvalue weighted by Crippen LogP contribution is -2.45. The Hall–Kier alpha value is -2.54. The van der Waals surface area contributed by atoms with E-state index in [1.807, 2.05) is 31.0 Å². The van der Waals surface area contributed by atoms with Crippen LogP contribution >= 0.6 is 11.6 Å². The first kappa shape index (κ1) is 18.8. The molecule has 3 atom stereocenters. The maximum absolute atomic E-state index is 12.7. The lowest BCUT2D eigenvalue weighted by atomic mass is 10.1. The van der Waals surface area contributed by atoms with Crippen LogP contribution < -0.4 is 16.0 Å². The van der Waals surface area contributed by atoms with Crippen molar-refractivity contribution in [3.8, 4) is 0 Å². The molecule has 3 N–H and O–H groups in total. The summed E-state index contributed by atoms with van der Waals surface area (Å²) in [6, 6.07) is 8.22. The van der Waals surface area contributed by atoms with Crippen LogP contribution in [0, 0.1) is 6.92 Å². The second kappa shape index (κ2) is 7.47. The molecule has 148 valence electrons. The van der Waals surface area contributed by atoms with Gasteiger partial charge in [-0.1, -0.05) is 23.7 Å². The topological polar surface area (TPSA) is 87.4 Å². The maximum atomic E-state index is 12.7. The molecule has 2 heterocycles. The van der Waals surface area contributed by atoms with Crippen molar-refractivity contribution < 1.29 is 4.79 Å². The van der Waals surface area contributed by atoms with E-state index < -0.39 is 0 Å². The predicted molar refractivity (Wildman–Crippen MR) is 111 cm³/mol. The summed E-state index contributed by atoms with van der Waals surface area (Å²) >= 11 is 6.11. The number of nitrogens with one attached hydrogen (secondary N) is 1. The molecule has 4 rings (SSSR count). The van der Waals surface area contributed by atoms with E-state index in [0.29, 0.717) is 11.6 Å². The molecule has 1 aromatic carbocycles. The van der Waals surface area contributed by atoms with Crippen LogP contribution in [0.4, 0.5) is 16.3 Å². The molecule has 8 heteroatoms. The first-order valence-corrected chi connectivity index (χ1v) is 9.92. The largest absolute Gasteiger partial charge is 0.397 e. The molecule has 2 aromatic rings. The summed E-state index contributed by atoms with van der Waals surface area (Å²) in [5.41, 5.74) is 8.70. The van der Waals surface area contributed by atoms with Crippen molar-refractivity contribution in [1.82, 2.24) is 20.4 Å². The zero-order valence-corrected chi connectivity index (χ0v) is 16.9. The molecule has 0 unspecified atom stereocenters. The zero-order chi connectivity index (χ0) is 19.8.